The number of carboxylic acids is 1. The van der Waals surface area contributed by atoms with Gasteiger partial charge in [-0.3, -0.25) is 4.79 Å². The molecule has 1 fully saturated rings. The Bertz CT molecular complexity index is 840. The van der Waals surface area contributed by atoms with Crippen molar-refractivity contribution in [1.29, 1.82) is 0 Å². The van der Waals surface area contributed by atoms with Crippen LogP contribution < -0.4 is 5.43 Å². The van der Waals surface area contributed by atoms with Gasteiger partial charge in [0.25, 0.3) is 0 Å². The van der Waals surface area contributed by atoms with E-state index in [2.05, 4.69) is 0 Å². The number of halogens is 1. The van der Waals surface area contributed by atoms with Crippen molar-refractivity contribution in [2.45, 2.75) is 37.6 Å². The highest BCUT2D eigenvalue weighted by molar-refractivity contribution is 6.31. The highest BCUT2D eigenvalue weighted by Crippen LogP contribution is 2.49. The van der Waals surface area contributed by atoms with Crippen LogP contribution in [0.2, 0.25) is 5.02 Å². The van der Waals surface area contributed by atoms with Gasteiger partial charge in [-0.2, -0.15) is 0 Å². The summed E-state index contributed by atoms with van der Waals surface area (Å²) in [4.78, 5) is 23.8. The Hall–Kier alpha value is -1.81. The fraction of sp³-hybridized carbons (Fsp3) is 0.375. The van der Waals surface area contributed by atoms with Gasteiger partial charge >= 0.3 is 5.97 Å². The molecular weight excluding hydrogens is 290 g/mol. The molecule has 0 saturated heterocycles. The third kappa shape index (κ3) is 1.69. The average Bonchev–Trinajstić information content (AvgIpc) is 2.77. The van der Waals surface area contributed by atoms with Crippen LogP contribution >= 0.6 is 11.6 Å². The number of carboxylic acid groups (broad SMARTS) is 1. The zero-order chi connectivity index (χ0) is 14.7. The third-order valence-corrected chi connectivity index (χ3v) is 5.05. The van der Waals surface area contributed by atoms with Gasteiger partial charge in [0, 0.05) is 28.6 Å². The lowest BCUT2D eigenvalue weighted by Crippen LogP contribution is -2.20. The van der Waals surface area contributed by atoms with Gasteiger partial charge in [-0.1, -0.05) is 24.4 Å². The molecule has 108 valence electrons. The number of hydrogen-bond acceptors (Lipinski definition) is 2. The van der Waals surface area contributed by atoms with E-state index in [1.807, 2.05) is 10.6 Å². The van der Waals surface area contributed by atoms with Crippen molar-refractivity contribution in [3.8, 4) is 0 Å². The van der Waals surface area contributed by atoms with Crippen molar-refractivity contribution < 1.29 is 9.90 Å². The molecule has 2 aromatic rings. The summed E-state index contributed by atoms with van der Waals surface area (Å²) < 4.78 is 2.01. The summed E-state index contributed by atoms with van der Waals surface area (Å²) in [5.74, 6) is -0.824. The van der Waals surface area contributed by atoms with Crippen molar-refractivity contribution in [2.75, 3.05) is 0 Å². The first-order valence-electron chi connectivity index (χ1n) is 7.19. The number of fused-ring (bicyclic) bond motifs is 3. The average molecular weight is 304 g/mol. The SMILES string of the molecule is O=C(O)c1cn2c3c(cc(Cl)cc3c1=O)C1CCCCC12. The van der Waals surface area contributed by atoms with E-state index in [0.717, 1.165) is 30.3 Å². The van der Waals surface area contributed by atoms with Crippen LogP contribution in [0.15, 0.2) is 23.1 Å². The van der Waals surface area contributed by atoms with Gasteiger partial charge in [0.2, 0.25) is 5.43 Å². The largest absolute Gasteiger partial charge is 0.477 e. The van der Waals surface area contributed by atoms with Crippen LogP contribution in [0.3, 0.4) is 0 Å². The highest BCUT2D eigenvalue weighted by atomic mass is 35.5. The molecule has 0 spiro atoms. The standard InChI is InChI=1S/C16H14ClNO3/c17-8-5-10-9-3-1-2-4-13(9)18-7-12(16(20)21)15(19)11(6-8)14(10)18/h5-7,9,13H,1-4H2,(H,20,21). The molecule has 4 rings (SSSR count). The molecular formula is C16H14ClNO3. The van der Waals surface area contributed by atoms with Gasteiger partial charge in [0.1, 0.15) is 5.56 Å². The maximum atomic E-state index is 12.4. The minimum Gasteiger partial charge on any atom is -0.477 e. The topological polar surface area (TPSA) is 59.3 Å². The first-order valence-corrected chi connectivity index (χ1v) is 7.57. The van der Waals surface area contributed by atoms with Gasteiger partial charge < -0.3 is 9.67 Å². The van der Waals surface area contributed by atoms with Gasteiger partial charge in [-0.25, -0.2) is 4.79 Å². The van der Waals surface area contributed by atoms with Gasteiger partial charge in [0.15, 0.2) is 0 Å². The van der Waals surface area contributed by atoms with Gasteiger partial charge in [-0.15, -0.1) is 0 Å². The number of hydrogen-bond donors (Lipinski definition) is 1. The number of pyridine rings is 1. The summed E-state index contributed by atoms with van der Waals surface area (Å²) in [6, 6.07) is 3.80. The minimum atomic E-state index is -1.17. The van der Waals surface area contributed by atoms with E-state index in [1.165, 1.54) is 12.6 Å². The lowest BCUT2D eigenvalue weighted by molar-refractivity contribution is 0.0694. The molecule has 1 aliphatic heterocycles. The Morgan fingerprint density at radius 1 is 1.29 bits per heavy atom. The molecule has 2 atom stereocenters. The van der Waals surface area contributed by atoms with Crippen LogP contribution in [0.1, 0.15) is 53.6 Å². The number of aromatic nitrogens is 1. The summed E-state index contributed by atoms with van der Waals surface area (Å²) in [5, 5.41) is 10.2. The van der Waals surface area contributed by atoms with Crippen LogP contribution in [-0.4, -0.2) is 15.6 Å². The summed E-state index contributed by atoms with van der Waals surface area (Å²) in [5.41, 5.74) is 1.39. The molecule has 1 aliphatic carbocycles. The molecule has 0 amide bonds. The Balaban J connectivity index is 2.14. The van der Waals surface area contributed by atoms with Gasteiger partial charge in [-0.05, 0) is 30.5 Å². The number of rotatable bonds is 1. The molecule has 21 heavy (non-hydrogen) atoms. The number of aromatic carboxylic acids is 1. The second-order valence-electron chi connectivity index (χ2n) is 5.93. The Labute approximate surface area is 126 Å². The van der Waals surface area contributed by atoms with Crippen LogP contribution in [0.4, 0.5) is 0 Å². The highest BCUT2D eigenvalue weighted by Gasteiger charge is 2.37. The smallest absolute Gasteiger partial charge is 0.341 e. The predicted molar refractivity (Wildman–Crippen MR) is 80.4 cm³/mol. The van der Waals surface area contributed by atoms with E-state index in [4.69, 9.17) is 11.6 Å². The second kappa shape index (κ2) is 4.34. The van der Waals surface area contributed by atoms with Crippen LogP contribution in [0.25, 0.3) is 10.9 Å². The van der Waals surface area contributed by atoms with Crippen molar-refractivity contribution in [2.24, 2.45) is 0 Å². The van der Waals surface area contributed by atoms with Crippen molar-refractivity contribution >= 4 is 28.5 Å². The molecule has 5 heteroatoms. The zero-order valence-electron chi connectivity index (χ0n) is 11.3. The molecule has 4 nitrogen and oxygen atoms in total. The van der Waals surface area contributed by atoms with E-state index in [9.17, 15) is 14.7 Å². The van der Waals surface area contributed by atoms with Crippen LogP contribution in [0, 0.1) is 0 Å². The Morgan fingerprint density at radius 3 is 2.81 bits per heavy atom. The minimum absolute atomic E-state index is 0.165. The van der Waals surface area contributed by atoms with E-state index in [1.54, 1.807) is 6.07 Å². The van der Waals surface area contributed by atoms with Crippen molar-refractivity contribution in [3.63, 3.8) is 0 Å². The maximum absolute atomic E-state index is 12.4. The quantitative estimate of drug-likeness (QED) is 0.876. The summed E-state index contributed by atoms with van der Waals surface area (Å²) in [6.45, 7) is 0. The molecule has 0 radical (unpaired) electrons. The molecule has 2 unspecified atom stereocenters. The first-order chi connectivity index (χ1) is 10.1. The van der Waals surface area contributed by atoms with Crippen molar-refractivity contribution in [1.82, 2.24) is 4.57 Å². The summed E-state index contributed by atoms with van der Waals surface area (Å²) in [7, 11) is 0. The third-order valence-electron chi connectivity index (χ3n) is 4.84. The van der Waals surface area contributed by atoms with E-state index >= 15 is 0 Å². The van der Waals surface area contributed by atoms with Gasteiger partial charge in [0.05, 0.1) is 5.52 Å². The van der Waals surface area contributed by atoms with E-state index in [-0.39, 0.29) is 11.6 Å². The molecule has 1 saturated carbocycles. The zero-order valence-corrected chi connectivity index (χ0v) is 12.1. The summed E-state index contributed by atoms with van der Waals surface area (Å²) >= 11 is 6.17. The predicted octanol–water partition coefficient (Wildman–Crippen LogP) is 3.57. The van der Waals surface area contributed by atoms with Crippen LogP contribution in [0.5, 0.6) is 0 Å². The normalized spacial score (nSPS) is 23.3. The fourth-order valence-electron chi connectivity index (χ4n) is 3.99. The monoisotopic (exact) mass is 303 g/mol. The maximum Gasteiger partial charge on any atom is 0.341 e. The molecule has 1 aromatic carbocycles. The van der Waals surface area contributed by atoms with E-state index < -0.39 is 11.4 Å². The Morgan fingerprint density at radius 2 is 2.05 bits per heavy atom. The first kappa shape index (κ1) is 12.9. The molecule has 2 heterocycles. The lowest BCUT2D eigenvalue weighted by Gasteiger charge is -2.27. The molecule has 2 aliphatic rings. The number of nitrogens with zero attached hydrogens (tertiary/aromatic N) is 1. The Kier molecular flexibility index (Phi) is 2.67. The fourth-order valence-corrected chi connectivity index (χ4v) is 4.22. The van der Waals surface area contributed by atoms with Crippen molar-refractivity contribution in [3.05, 3.63) is 44.7 Å². The number of carbonyl (C=O) groups is 1. The molecule has 1 N–H and O–H groups in total. The number of benzene rings is 1. The lowest BCUT2D eigenvalue weighted by atomic mass is 9.82. The summed E-state index contributed by atoms with van der Waals surface area (Å²) in [6.07, 6.45) is 5.92. The molecule has 1 aromatic heterocycles. The molecule has 0 bridgehead atoms. The van der Waals surface area contributed by atoms with E-state index in [0.29, 0.717) is 16.3 Å². The van der Waals surface area contributed by atoms with Crippen LogP contribution in [-0.2, 0) is 0 Å². The second-order valence-corrected chi connectivity index (χ2v) is 6.37.